The van der Waals surface area contributed by atoms with Crippen LogP contribution in [0.1, 0.15) is 27.4 Å². The van der Waals surface area contributed by atoms with Gasteiger partial charge in [0.25, 0.3) is 0 Å². The van der Waals surface area contributed by atoms with Crippen molar-refractivity contribution in [3.05, 3.63) is 65.3 Å². The number of aryl methyl sites for hydroxylation is 2. The molecule has 0 saturated heterocycles. The first-order chi connectivity index (χ1) is 12.1. The minimum Gasteiger partial charge on any atom is -0.489 e. The Balaban J connectivity index is 1.50. The lowest BCUT2D eigenvalue weighted by Gasteiger charge is -2.08. The van der Waals surface area contributed by atoms with E-state index in [4.69, 9.17) is 14.0 Å². The molecule has 0 amide bonds. The number of aromatic nitrogens is 3. The molecule has 3 aromatic rings. The first-order valence-electron chi connectivity index (χ1n) is 7.92. The predicted molar refractivity (Wildman–Crippen MR) is 89.3 cm³/mol. The van der Waals surface area contributed by atoms with Crippen LogP contribution in [0.25, 0.3) is 0 Å². The number of esters is 1. The zero-order valence-corrected chi connectivity index (χ0v) is 14.1. The number of nitrogens with zero attached hydrogens (tertiary/aromatic N) is 3. The molecule has 0 aliphatic rings. The predicted octanol–water partition coefficient (Wildman–Crippen LogP) is 2.92. The maximum atomic E-state index is 12.0. The lowest BCUT2D eigenvalue weighted by atomic mass is 10.2. The second-order valence-electron chi connectivity index (χ2n) is 5.52. The molecule has 0 bridgehead atoms. The fourth-order valence-electron chi connectivity index (χ4n) is 2.30. The largest absolute Gasteiger partial charge is 0.489 e. The molecule has 0 saturated carbocycles. The Bertz CT molecular complexity index is 803. The molecule has 7 nitrogen and oxygen atoms in total. The maximum Gasteiger partial charge on any atom is 0.338 e. The Labute approximate surface area is 145 Å². The number of benzene rings is 1. The molecule has 7 heteroatoms. The van der Waals surface area contributed by atoms with Crippen molar-refractivity contribution in [3.63, 3.8) is 0 Å². The second-order valence-corrected chi connectivity index (χ2v) is 5.52. The number of carbonyl (C=O) groups excluding carboxylic acids is 1. The van der Waals surface area contributed by atoms with E-state index in [-0.39, 0.29) is 12.6 Å². The van der Waals surface area contributed by atoms with Crippen LogP contribution in [-0.2, 0) is 17.9 Å². The summed E-state index contributed by atoms with van der Waals surface area (Å²) in [5, 5.41) is 7.94. The lowest BCUT2D eigenvalue weighted by molar-refractivity contribution is 0.0487. The average molecular weight is 341 g/mol. The Kier molecular flexibility index (Phi) is 5.13. The van der Waals surface area contributed by atoms with Crippen LogP contribution < -0.4 is 4.74 Å². The average Bonchev–Trinajstić information content (AvgIpc) is 3.24. The molecule has 0 radical (unpaired) electrons. The normalized spacial score (nSPS) is 10.6. The van der Waals surface area contributed by atoms with Crippen LogP contribution >= 0.6 is 0 Å². The summed E-state index contributed by atoms with van der Waals surface area (Å²) in [6.45, 7) is 4.88. The van der Waals surface area contributed by atoms with Crippen molar-refractivity contribution in [1.82, 2.24) is 14.9 Å². The van der Waals surface area contributed by atoms with Gasteiger partial charge in [0.05, 0.1) is 23.4 Å². The molecule has 130 valence electrons. The monoisotopic (exact) mass is 341 g/mol. The van der Waals surface area contributed by atoms with E-state index in [1.807, 2.05) is 26.1 Å². The Hall–Kier alpha value is -3.09. The van der Waals surface area contributed by atoms with Gasteiger partial charge in [-0.2, -0.15) is 5.10 Å². The summed E-state index contributed by atoms with van der Waals surface area (Å²) in [6.07, 6.45) is 3.50. The van der Waals surface area contributed by atoms with E-state index in [9.17, 15) is 4.79 Å². The highest BCUT2D eigenvalue weighted by Gasteiger charge is 2.11. The molecule has 0 aliphatic carbocycles. The second kappa shape index (κ2) is 7.65. The van der Waals surface area contributed by atoms with Crippen molar-refractivity contribution in [2.24, 2.45) is 0 Å². The molecule has 0 atom stereocenters. The number of rotatable bonds is 7. The number of hydrogen-bond donors (Lipinski definition) is 0. The minimum atomic E-state index is -0.371. The highest BCUT2D eigenvalue weighted by molar-refractivity contribution is 5.89. The van der Waals surface area contributed by atoms with Gasteiger partial charge in [0.1, 0.15) is 24.7 Å². The first kappa shape index (κ1) is 16.8. The molecule has 1 aromatic carbocycles. The number of carbonyl (C=O) groups is 1. The summed E-state index contributed by atoms with van der Waals surface area (Å²) in [6, 6.07) is 8.66. The Morgan fingerprint density at radius 3 is 2.68 bits per heavy atom. The van der Waals surface area contributed by atoms with E-state index >= 15 is 0 Å². The summed E-state index contributed by atoms with van der Waals surface area (Å²) >= 11 is 0. The molecule has 25 heavy (non-hydrogen) atoms. The molecule has 2 heterocycles. The third kappa shape index (κ3) is 4.26. The highest BCUT2D eigenvalue weighted by atomic mass is 16.5. The summed E-state index contributed by atoms with van der Waals surface area (Å²) in [4.78, 5) is 12.0. The topological polar surface area (TPSA) is 79.4 Å². The lowest BCUT2D eigenvalue weighted by Crippen LogP contribution is -2.11. The zero-order chi connectivity index (χ0) is 17.6. The van der Waals surface area contributed by atoms with Crippen LogP contribution in [0.4, 0.5) is 0 Å². The van der Waals surface area contributed by atoms with E-state index < -0.39 is 0 Å². The summed E-state index contributed by atoms with van der Waals surface area (Å²) in [5.74, 6) is 1.03. The molecule has 3 rings (SSSR count). The van der Waals surface area contributed by atoms with Gasteiger partial charge in [0.2, 0.25) is 0 Å². The van der Waals surface area contributed by atoms with Crippen LogP contribution in [-0.4, -0.2) is 27.5 Å². The van der Waals surface area contributed by atoms with Gasteiger partial charge in [0.15, 0.2) is 0 Å². The fraction of sp³-hybridized carbons (Fsp3) is 0.278. The molecule has 0 aliphatic heterocycles. The van der Waals surface area contributed by atoms with Gasteiger partial charge < -0.3 is 14.0 Å². The third-order valence-corrected chi connectivity index (χ3v) is 3.77. The Morgan fingerprint density at radius 2 is 2.04 bits per heavy atom. The summed E-state index contributed by atoms with van der Waals surface area (Å²) in [5.41, 5.74) is 2.22. The quantitative estimate of drug-likeness (QED) is 0.615. The SMILES string of the molecule is Cc1noc(C)c1COc1ccc(C(=O)OCCn2cccn2)cc1. The van der Waals surface area contributed by atoms with Crippen LogP contribution in [0.3, 0.4) is 0 Å². The van der Waals surface area contributed by atoms with Gasteiger partial charge in [-0.1, -0.05) is 5.16 Å². The van der Waals surface area contributed by atoms with Crippen molar-refractivity contribution in [3.8, 4) is 5.75 Å². The standard InChI is InChI=1S/C18H19N3O4/c1-13-17(14(2)25-20-13)12-24-16-6-4-15(5-7-16)18(22)23-11-10-21-9-3-8-19-21/h3-9H,10-12H2,1-2H3. The van der Waals surface area contributed by atoms with Crippen LogP contribution in [0.15, 0.2) is 47.2 Å². The molecular formula is C18H19N3O4. The smallest absolute Gasteiger partial charge is 0.338 e. The Morgan fingerprint density at radius 1 is 1.24 bits per heavy atom. The maximum absolute atomic E-state index is 12.0. The molecule has 0 unspecified atom stereocenters. The molecule has 0 fully saturated rings. The van der Waals surface area contributed by atoms with Crippen molar-refractivity contribution < 1.29 is 18.8 Å². The molecular weight excluding hydrogens is 322 g/mol. The summed E-state index contributed by atoms with van der Waals surface area (Å²) < 4.78 is 17.8. The first-order valence-corrected chi connectivity index (χ1v) is 7.92. The minimum absolute atomic E-state index is 0.269. The third-order valence-electron chi connectivity index (χ3n) is 3.77. The van der Waals surface area contributed by atoms with E-state index in [1.165, 1.54) is 0 Å². The zero-order valence-electron chi connectivity index (χ0n) is 14.1. The molecule has 0 N–H and O–H groups in total. The number of ether oxygens (including phenoxy) is 2. The number of hydrogen-bond acceptors (Lipinski definition) is 6. The van der Waals surface area contributed by atoms with Crippen LogP contribution in [0.5, 0.6) is 5.75 Å². The van der Waals surface area contributed by atoms with Gasteiger partial charge >= 0.3 is 5.97 Å². The van der Waals surface area contributed by atoms with E-state index in [1.54, 1.807) is 35.1 Å². The van der Waals surface area contributed by atoms with Gasteiger partial charge in [-0.3, -0.25) is 4.68 Å². The van der Waals surface area contributed by atoms with Gasteiger partial charge in [-0.15, -0.1) is 0 Å². The van der Waals surface area contributed by atoms with Crippen molar-refractivity contribution >= 4 is 5.97 Å². The highest BCUT2D eigenvalue weighted by Crippen LogP contribution is 2.18. The molecule has 0 spiro atoms. The van der Waals surface area contributed by atoms with Gasteiger partial charge in [0, 0.05) is 12.4 Å². The summed E-state index contributed by atoms with van der Waals surface area (Å²) in [7, 11) is 0. The van der Waals surface area contributed by atoms with Crippen molar-refractivity contribution in [2.45, 2.75) is 27.0 Å². The van der Waals surface area contributed by atoms with Gasteiger partial charge in [-0.25, -0.2) is 4.79 Å². The van der Waals surface area contributed by atoms with Gasteiger partial charge in [-0.05, 0) is 44.2 Å². The fourth-order valence-corrected chi connectivity index (χ4v) is 2.30. The van der Waals surface area contributed by atoms with Crippen molar-refractivity contribution in [1.29, 1.82) is 0 Å². The molecule has 2 aromatic heterocycles. The van der Waals surface area contributed by atoms with Crippen LogP contribution in [0, 0.1) is 13.8 Å². The van der Waals surface area contributed by atoms with E-state index in [0.29, 0.717) is 24.5 Å². The van der Waals surface area contributed by atoms with E-state index in [0.717, 1.165) is 17.0 Å². The van der Waals surface area contributed by atoms with Crippen LogP contribution in [0.2, 0.25) is 0 Å². The van der Waals surface area contributed by atoms with Crippen molar-refractivity contribution in [2.75, 3.05) is 6.61 Å². The van der Waals surface area contributed by atoms with E-state index in [2.05, 4.69) is 10.3 Å².